The summed E-state index contributed by atoms with van der Waals surface area (Å²) in [5.74, 6) is 0.490. The number of carbonyl (C=O) groups is 1. The van der Waals surface area contributed by atoms with Gasteiger partial charge in [0.1, 0.15) is 12.4 Å². The van der Waals surface area contributed by atoms with Gasteiger partial charge in [-0.2, -0.15) is 0 Å². The zero-order chi connectivity index (χ0) is 23.1. The number of benzene rings is 3. The van der Waals surface area contributed by atoms with Crippen molar-refractivity contribution in [2.45, 2.75) is 13.5 Å². The van der Waals surface area contributed by atoms with Crippen LogP contribution in [0.1, 0.15) is 21.5 Å². The lowest BCUT2D eigenvalue weighted by Gasteiger charge is -2.23. The first-order valence-corrected chi connectivity index (χ1v) is 12.3. The lowest BCUT2D eigenvalue weighted by molar-refractivity contribution is 0.0947. The summed E-state index contributed by atoms with van der Waals surface area (Å²) >= 11 is 6.20. The topological polar surface area (TPSA) is 75.7 Å². The molecule has 3 aromatic carbocycles. The average Bonchev–Trinajstić information content (AvgIpc) is 2.75. The molecule has 8 heteroatoms. The highest BCUT2D eigenvalue weighted by Crippen LogP contribution is 2.24. The van der Waals surface area contributed by atoms with Gasteiger partial charge in [-0.25, -0.2) is 8.42 Å². The minimum absolute atomic E-state index is 0.0976. The van der Waals surface area contributed by atoms with Gasteiger partial charge in [-0.1, -0.05) is 41.9 Å². The quantitative estimate of drug-likeness (QED) is 0.467. The molecule has 0 fully saturated rings. The standard InChI is InChI=1S/C24H25ClN2O4S/c1-18-6-5-8-22(16-18)31-15-14-26-24(28)19-10-12-21(13-11-19)27(32(2,29)30)17-20-7-3-4-9-23(20)25/h3-13,16H,14-15,17H2,1-2H3,(H,26,28). The third-order valence-corrected chi connectivity index (χ3v) is 6.24. The Kier molecular flexibility index (Phi) is 7.77. The highest BCUT2D eigenvalue weighted by Gasteiger charge is 2.19. The minimum atomic E-state index is -3.56. The molecule has 0 aliphatic carbocycles. The molecule has 3 rings (SSSR count). The van der Waals surface area contributed by atoms with E-state index in [-0.39, 0.29) is 12.5 Å². The molecule has 0 radical (unpaired) electrons. The molecule has 0 aromatic heterocycles. The van der Waals surface area contributed by atoms with E-state index >= 15 is 0 Å². The number of hydrogen-bond donors (Lipinski definition) is 1. The third-order valence-electron chi connectivity index (χ3n) is 4.74. The molecule has 0 saturated heterocycles. The van der Waals surface area contributed by atoms with Crippen LogP contribution in [0.2, 0.25) is 5.02 Å². The van der Waals surface area contributed by atoms with Gasteiger partial charge in [-0.05, 0) is 60.5 Å². The summed E-state index contributed by atoms with van der Waals surface area (Å²) in [6, 6.07) is 21.2. The second kappa shape index (κ2) is 10.5. The predicted molar refractivity (Wildman–Crippen MR) is 128 cm³/mol. The maximum atomic E-state index is 12.4. The summed E-state index contributed by atoms with van der Waals surface area (Å²) in [5.41, 5.74) is 2.67. The van der Waals surface area contributed by atoms with E-state index in [1.807, 2.05) is 31.2 Å². The fourth-order valence-electron chi connectivity index (χ4n) is 3.10. The molecule has 0 aliphatic heterocycles. The second-order valence-corrected chi connectivity index (χ2v) is 9.64. The Morgan fingerprint density at radius 1 is 1.03 bits per heavy atom. The molecule has 0 spiro atoms. The summed E-state index contributed by atoms with van der Waals surface area (Å²) in [6.45, 7) is 2.77. The number of sulfonamides is 1. The smallest absolute Gasteiger partial charge is 0.251 e. The number of rotatable bonds is 9. The summed E-state index contributed by atoms with van der Waals surface area (Å²) < 4.78 is 31.6. The van der Waals surface area contributed by atoms with Crippen LogP contribution in [0.25, 0.3) is 0 Å². The van der Waals surface area contributed by atoms with Crippen molar-refractivity contribution in [2.24, 2.45) is 0 Å². The SMILES string of the molecule is Cc1cccc(OCCNC(=O)c2ccc(N(Cc3ccccc3Cl)S(C)(=O)=O)cc2)c1. The zero-order valence-corrected chi connectivity index (χ0v) is 19.5. The fourth-order valence-corrected chi connectivity index (χ4v) is 4.17. The zero-order valence-electron chi connectivity index (χ0n) is 17.9. The van der Waals surface area contributed by atoms with Crippen molar-refractivity contribution >= 4 is 33.2 Å². The van der Waals surface area contributed by atoms with E-state index in [0.717, 1.165) is 17.6 Å². The van der Waals surface area contributed by atoms with Crippen molar-refractivity contribution in [3.8, 4) is 5.75 Å². The van der Waals surface area contributed by atoms with Gasteiger partial charge in [-0.15, -0.1) is 0 Å². The van der Waals surface area contributed by atoms with Crippen LogP contribution < -0.4 is 14.4 Å². The number of carbonyl (C=O) groups excluding carboxylic acids is 1. The van der Waals surface area contributed by atoms with Crippen LogP contribution in [-0.4, -0.2) is 33.7 Å². The van der Waals surface area contributed by atoms with Crippen molar-refractivity contribution in [3.05, 3.63) is 94.5 Å². The maximum Gasteiger partial charge on any atom is 0.251 e. The van der Waals surface area contributed by atoms with Crippen molar-refractivity contribution in [3.63, 3.8) is 0 Å². The van der Waals surface area contributed by atoms with Crippen LogP contribution in [0, 0.1) is 6.92 Å². The molecule has 32 heavy (non-hydrogen) atoms. The molecule has 1 amide bonds. The first kappa shape index (κ1) is 23.6. The Labute approximate surface area is 193 Å². The molecular formula is C24H25ClN2O4S. The van der Waals surface area contributed by atoms with Crippen LogP contribution in [0.15, 0.2) is 72.8 Å². The molecule has 0 aliphatic rings. The Morgan fingerprint density at radius 3 is 2.41 bits per heavy atom. The molecule has 3 aromatic rings. The Morgan fingerprint density at radius 2 is 1.75 bits per heavy atom. The first-order valence-electron chi connectivity index (χ1n) is 10.0. The van der Waals surface area contributed by atoms with E-state index in [9.17, 15) is 13.2 Å². The molecule has 0 atom stereocenters. The van der Waals surface area contributed by atoms with Gasteiger partial charge in [0.15, 0.2) is 0 Å². The molecule has 0 heterocycles. The minimum Gasteiger partial charge on any atom is -0.492 e. The van der Waals surface area contributed by atoms with E-state index in [1.54, 1.807) is 48.5 Å². The van der Waals surface area contributed by atoms with Crippen LogP contribution >= 0.6 is 11.6 Å². The van der Waals surface area contributed by atoms with E-state index in [2.05, 4.69) is 5.32 Å². The lowest BCUT2D eigenvalue weighted by atomic mass is 10.1. The van der Waals surface area contributed by atoms with Crippen LogP contribution in [0.3, 0.4) is 0 Å². The largest absolute Gasteiger partial charge is 0.492 e. The monoisotopic (exact) mass is 472 g/mol. The number of halogens is 1. The Balaban J connectivity index is 1.61. The highest BCUT2D eigenvalue weighted by atomic mass is 35.5. The Hall–Kier alpha value is -3.03. The molecule has 168 valence electrons. The molecule has 0 saturated carbocycles. The number of ether oxygens (including phenoxy) is 1. The highest BCUT2D eigenvalue weighted by molar-refractivity contribution is 7.92. The number of nitrogens with one attached hydrogen (secondary N) is 1. The Bertz CT molecular complexity index is 1180. The molecule has 6 nitrogen and oxygen atoms in total. The number of amides is 1. The van der Waals surface area contributed by atoms with E-state index in [4.69, 9.17) is 16.3 Å². The van der Waals surface area contributed by atoms with Crippen LogP contribution in [-0.2, 0) is 16.6 Å². The number of anilines is 1. The van der Waals surface area contributed by atoms with Gasteiger partial charge in [0, 0.05) is 10.6 Å². The van der Waals surface area contributed by atoms with Crippen molar-refractivity contribution in [2.75, 3.05) is 23.7 Å². The van der Waals surface area contributed by atoms with E-state index in [0.29, 0.717) is 35.0 Å². The van der Waals surface area contributed by atoms with Gasteiger partial charge < -0.3 is 10.1 Å². The van der Waals surface area contributed by atoms with E-state index in [1.165, 1.54) is 4.31 Å². The van der Waals surface area contributed by atoms with Gasteiger partial charge in [0.05, 0.1) is 25.0 Å². The first-order chi connectivity index (χ1) is 15.2. The second-order valence-electron chi connectivity index (χ2n) is 7.33. The van der Waals surface area contributed by atoms with Crippen LogP contribution in [0.4, 0.5) is 5.69 Å². The van der Waals surface area contributed by atoms with Crippen molar-refractivity contribution in [1.82, 2.24) is 5.32 Å². The summed E-state index contributed by atoms with van der Waals surface area (Å²) in [5, 5.41) is 3.29. The fraction of sp³-hybridized carbons (Fsp3) is 0.208. The van der Waals surface area contributed by atoms with Crippen LogP contribution in [0.5, 0.6) is 5.75 Å². The van der Waals surface area contributed by atoms with Gasteiger partial charge >= 0.3 is 0 Å². The average molecular weight is 473 g/mol. The number of aryl methyl sites for hydroxylation is 1. The molecular weight excluding hydrogens is 448 g/mol. The van der Waals surface area contributed by atoms with Gasteiger partial charge in [0.25, 0.3) is 5.91 Å². The summed E-state index contributed by atoms with van der Waals surface area (Å²) in [6.07, 6.45) is 1.14. The summed E-state index contributed by atoms with van der Waals surface area (Å²) in [4.78, 5) is 12.4. The van der Waals surface area contributed by atoms with Gasteiger partial charge in [-0.3, -0.25) is 9.10 Å². The summed E-state index contributed by atoms with van der Waals surface area (Å²) in [7, 11) is -3.56. The predicted octanol–water partition coefficient (Wildman–Crippen LogP) is 4.42. The lowest BCUT2D eigenvalue weighted by Crippen LogP contribution is -2.30. The van der Waals surface area contributed by atoms with Gasteiger partial charge in [0.2, 0.25) is 10.0 Å². The molecule has 0 unspecified atom stereocenters. The molecule has 1 N–H and O–H groups in total. The normalized spacial score (nSPS) is 11.1. The van der Waals surface area contributed by atoms with Crippen molar-refractivity contribution in [1.29, 1.82) is 0 Å². The number of hydrogen-bond acceptors (Lipinski definition) is 4. The van der Waals surface area contributed by atoms with Crippen molar-refractivity contribution < 1.29 is 17.9 Å². The maximum absolute atomic E-state index is 12.4. The van der Waals surface area contributed by atoms with E-state index < -0.39 is 10.0 Å². The third kappa shape index (κ3) is 6.48. The number of nitrogens with zero attached hydrogens (tertiary/aromatic N) is 1. The molecule has 0 bridgehead atoms.